The van der Waals surface area contributed by atoms with Crippen LogP contribution in [0.4, 0.5) is 10.5 Å². The van der Waals surface area contributed by atoms with E-state index < -0.39 is 15.9 Å². The lowest BCUT2D eigenvalue weighted by Gasteiger charge is -2.15. The first-order valence-electron chi connectivity index (χ1n) is 10.4. The van der Waals surface area contributed by atoms with Crippen LogP contribution in [0, 0.1) is 0 Å². The highest BCUT2D eigenvalue weighted by Crippen LogP contribution is 2.41. The summed E-state index contributed by atoms with van der Waals surface area (Å²) in [6, 6.07) is 6.42. The number of hydrogen-bond donors (Lipinski definition) is 2. The van der Waals surface area contributed by atoms with E-state index >= 15 is 0 Å². The number of amides is 2. The van der Waals surface area contributed by atoms with Crippen molar-refractivity contribution in [3.8, 4) is 0 Å². The van der Waals surface area contributed by atoms with Gasteiger partial charge in [0.2, 0.25) is 0 Å². The van der Waals surface area contributed by atoms with Gasteiger partial charge in [0.25, 0.3) is 0 Å². The van der Waals surface area contributed by atoms with Gasteiger partial charge in [-0.25, -0.2) is 14.1 Å². The summed E-state index contributed by atoms with van der Waals surface area (Å²) in [7, 11) is 0.628. The van der Waals surface area contributed by atoms with Crippen LogP contribution < -0.4 is 10.5 Å². The molecule has 0 aliphatic heterocycles. The Labute approximate surface area is 178 Å². The molecule has 2 aliphatic carbocycles. The topological polar surface area (TPSA) is 101 Å². The molecular weight excluding hydrogens is 398 g/mol. The number of urea groups is 1. The van der Waals surface area contributed by atoms with Gasteiger partial charge in [-0.15, -0.1) is 4.36 Å². The van der Waals surface area contributed by atoms with Gasteiger partial charge < -0.3 is 10.2 Å². The number of nitrogens with zero attached hydrogens (tertiary/aromatic N) is 3. The molecule has 7 nitrogen and oxygen atoms in total. The summed E-state index contributed by atoms with van der Waals surface area (Å²) in [5, 5.41) is 8.88. The van der Waals surface area contributed by atoms with E-state index in [1.807, 2.05) is 31.1 Å². The number of anilines is 1. The highest BCUT2D eigenvalue weighted by Gasteiger charge is 2.30. The predicted molar refractivity (Wildman–Crippen MR) is 119 cm³/mol. The standard InChI is InChI=1S/C22H29N5O2S/c1-14-7-12-18-20(14)24-19-6-4-5-17(19)21(18)25-22(28)26-30(23,29)16-10-8-15(9-11-16)13-27(2)3/h8-11,14H,4-7,12-13H2,1-3H3,(H3,23,24,25,26,28,29). The number of aryl methyl sites for hydroxylation is 1. The lowest BCUT2D eigenvalue weighted by atomic mass is 10.0. The number of carbonyl (C=O) groups excluding carboxylic acids is 1. The normalized spacial score (nSPS) is 19.3. The second-order valence-corrected chi connectivity index (χ2v) is 10.3. The molecule has 0 saturated carbocycles. The lowest BCUT2D eigenvalue weighted by Crippen LogP contribution is -2.19. The zero-order valence-corrected chi connectivity index (χ0v) is 18.6. The van der Waals surface area contributed by atoms with Gasteiger partial charge in [-0.05, 0) is 80.9 Å². The molecule has 0 bridgehead atoms. The molecule has 30 heavy (non-hydrogen) atoms. The smallest absolute Gasteiger partial charge is 0.305 e. The molecule has 0 spiro atoms. The van der Waals surface area contributed by atoms with Crippen LogP contribution in [0.3, 0.4) is 0 Å². The molecule has 2 aliphatic rings. The van der Waals surface area contributed by atoms with Crippen LogP contribution in [0.1, 0.15) is 53.8 Å². The van der Waals surface area contributed by atoms with E-state index in [2.05, 4.69) is 16.6 Å². The Bertz CT molecular complexity index is 1100. The van der Waals surface area contributed by atoms with Crippen molar-refractivity contribution in [1.29, 1.82) is 0 Å². The van der Waals surface area contributed by atoms with Crippen LogP contribution in [0.2, 0.25) is 0 Å². The van der Waals surface area contributed by atoms with Gasteiger partial charge >= 0.3 is 6.03 Å². The molecule has 0 saturated heterocycles. The fourth-order valence-electron chi connectivity index (χ4n) is 4.41. The van der Waals surface area contributed by atoms with Crippen molar-refractivity contribution in [2.24, 2.45) is 9.50 Å². The van der Waals surface area contributed by atoms with Crippen molar-refractivity contribution in [2.45, 2.75) is 56.4 Å². The van der Waals surface area contributed by atoms with Gasteiger partial charge in [0.1, 0.15) is 9.92 Å². The SMILES string of the molecule is CC1CCc2c1nc1c(c2NC(=O)N=S(N)(=O)c2ccc(CN(C)C)cc2)CCC1. The Morgan fingerprint density at radius 2 is 1.97 bits per heavy atom. The van der Waals surface area contributed by atoms with Gasteiger partial charge in [0.05, 0.1) is 10.6 Å². The fraction of sp³-hybridized carbons (Fsp3) is 0.455. The Kier molecular flexibility index (Phi) is 5.65. The molecular formula is C22H29N5O2S. The second-order valence-electron chi connectivity index (χ2n) is 8.54. The monoisotopic (exact) mass is 427 g/mol. The molecule has 1 aromatic heterocycles. The zero-order valence-electron chi connectivity index (χ0n) is 17.8. The van der Waals surface area contributed by atoms with Crippen LogP contribution in [0.15, 0.2) is 33.5 Å². The maximum Gasteiger partial charge on any atom is 0.354 e. The molecule has 0 radical (unpaired) electrons. The summed E-state index contributed by atoms with van der Waals surface area (Å²) in [5.74, 6) is 0.387. The Balaban J connectivity index is 1.61. The third kappa shape index (κ3) is 4.12. The van der Waals surface area contributed by atoms with Crippen molar-refractivity contribution < 1.29 is 9.00 Å². The Hall–Kier alpha value is -2.29. The van der Waals surface area contributed by atoms with Gasteiger partial charge in [0, 0.05) is 17.9 Å². The number of carbonyl (C=O) groups is 1. The van der Waals surface area contributed by atoms with Crippen molar-refractivity contribution in [3.63, 3.8) is 0 Å². The predicted octanol–water partition coefficient (Wildman–Crippen LogP) is 3.61. The molecule has 1 heterocycles. The molecule has 2 aromatic rings. The van der Waals surface area contributed by atoms with Gasteiger partial charge in [-0.1, -0.05) is 19.1 Å². The lowest BCUT2D eigenvalue weighted by molar-refractivity contribution is 0.260. The molecule has 2 atom stereocenters. The molecule has 4 rings (SSSR count). The summed E-state index contributed by atoms with van der Waals surface area (Å²) in [6.07, 6.45) is 4.77. The highest BCUT2D eigenvalue weighted by molar-refractivity contribution is 7.91. The molecule has 160 valence electrons. The number of aromatic nitrogens is 1. The van der Waals surface area contributed by atoms with Crippen molar-refractivity contribution in [2.75, 3.05) is 19.4 Å². The van der Waals surface area contributed by atoms with Crippen molar-refractivity contribution in [1.82, 2.24) is 9.88 Å². The van der Waals surface area contributed by atoms with Crippen LogP contribution in [0.25, 0.3) is 0 Å². The molecule has 2 unspecified atom stereocenters. The van der Waals surface area contributed by atoms with Gasteiger partial charge in [-0.3, -0.25) is 4.98 Å². The minimum atomic E-state index is -3.33. The van der Waals surface area contributed by atoms with E-state index in [0.717, 1.165) is 72.4 Å². The first-order valence-corrected chi connectivity index (χ1v) is 12.0. The number of fused-ring (bicyclic) bond motifs is 2. The van der Waals surface area contributed by atoms with E-state index in [0.29, 0.717) is 10.8 Å². The largest absolute Gasteiger partial charge is 0.354 e. The fourth-order valence-corrected chi connectivity index (χ4v) is 5.34. The van der Waals surface area contributed by atoms with Crippen LogP contribution in [0.5, 0.6) is 0 Å². The number of benzene rings is 1. The van der Waals surface area contributed by atoms with E-state index in [9.17, 15) is 9.00 Å². The van der Waals surface area contributed by atoms with E-state index in [1.165, 1.54) is 0 Å². The van der Waals surface area contributed by atoms with E-state index in [-0.39, 0.29) is 0 Å². The summed E-state index contributed by atoms with van der Waals surface area (Å²) in [6.45, 7) is 2.93. The maximum atomic E-state index is 13.0. The van der Waals surface area contributed by atoms with Gasteiger partial charge in [0.15, 0.2) is 0 Å². The summed E-state index contributed by atoms with van der Waals surface area (Å²) >= 11 is 0. The van der Waals surface area contributed by atoms with Crippen LogP contribution in [-0.4, -0.2) is 34.2 Å². The number of pyridine rings is 1. The van der Waals surface area contributed by atoms with Gasteiger partial charge in [-0.2, -0.15) is 0 Å². The zero-order chi connectivity index (χ0) is 21.5. The second kappa shape index (κ2) is 8.09. The minimum absolute atomic E-state index is 0.346. The van der Waals surface area contributed by atoms with Crippen LogP contribution >= 0.6 is 0 Å². The number of rotatable bonds is 4. The minimum Gasteiger partial charge on any atom is -0.305 e. The first-order chi connectivity index (χ1) is 14.2. The van der Waals surface area contributed by atoms with Crippen molar-refractivity contribution >= 4 is 21.6 Å². The highest BCUT2D eigenvalue weighted by atomic mass is 32.2. The number of nitrogens with two attached hydrogens (primary N) is 1. The average molecular weight is 428 g/mol. The maximum absolute atomic E-state index is 13.0. The van der Waals surface area contributed by atoms with E-state index in [4.69, 9.17) is 10.1 Å². The van der Waals surface area contributed by atoms with Crippen molar-refractivity contribution in [3.05, 3.63) is 52.3 Å². The Morgan fingerprint density at radius 1 is 1.23 bits per heavy atom. The molecule has 2 amide bonds. The molecule has 1 aromatic carbocycles. The third-order valence-electron chi connectivity index (χ3n) is 5.86. The van der Waals surface area contributed by atoms with E-state index in [1.54, 1.807) is 12.1 Å². The average Bonchev–Trinajstić information content (AvgIpc) is 3.28. The number of nitrogens with one attached hydrogen (secondary N) is 1. The Morgan fingerprint density at radius 3 is 2.67 bits per heavy atom. The molecule has 8 heteroatoms. The summed E-state index contributed by atoms with van der Waals surface area (Å²) < 4.78 is 16.8. The number of hydrogen-bond acceptors (Lipinski definition) is 4. The third-order valence-corrected chi connectivity index (χ3v) is 7.25. The molecule has 3 N–H and O–H groups in total. The quantitative estimate of drug-likeness (QED) is 0.778. The van der Waals surface area contributed by atoms with Crippen LogP contribution in [-0.2, 0) is 35.7 Å². The summed E-state index contributed by atoms with van der Waals surface area (Å²) in [4.78, 5) is 20.0. The first kappa shape index (κ1) is 21.0. The summed E-state index contributed by atoms with van der Waals surface area (Å²) in [5.41, 5.74) is 6.24. The molecule has 0 fully saturated rings.